The topological polar surface area (TPSA) is 18.5 Å². The number of unbranched alkanes of at least 4 members (excludes halogenated alkanes) is 11. The predicted molar refractivity (Wildman–Crippen MR) is 149 cm³/mol. The highest BCUT2D eigenvalue weighted by atomic mass is 16.5. The molecular formula is C32H56O2. The minimum absolute atomic E-state index is 0.0888. The number of ether oxygens (including phenoxy) is 2. The molecule has 0 aromatic heterocycles. The fourth-order valence-electron chi connectivity index (χ4n) is 5.64. The average Bonchev–Trinajstić information content (AvgIpc) is 2.77. The molecule has 0 amide bonds. The van der Waals surface area contributed by atoms with Crippen LogP contribution in [0.4, 0.5) is 0 Å². The summed E-state index contributed by atoms with van der Waals surface area (Å²) in [5.41, 5.74) is 2.86. The van der Waals surface area contributed by atoms with E-state index in [0.717, 1.165) is 30.9 Å². The fraction of sp³-hybridized carbons (Fsp3) is 0.812. The third-order valence-electron chi connectivity index (χ3n) is 7.83. The lowest BCUT2D eigenvalue weighted by atomic mass is 9.74. The van der Waals surface area contributed by atoms with E-state index in [1.54, 1.807) is 0 Å². The highest BCUT2D eigenvalue weighted by molar-refractivity contribution is 5.53. The summed E-state index contributed by atoms with van der Waals surface area (Å²) in [5, 5.41) is 0. The average molecular weight is 473 g/mol. The molecule has 1 aromatic rings. The third kappa shape index (κ3) is 9.12. The van der Waals surface area contributed by atoms with E-state index in [1.807, 2.05) is 0 Å². The predicted octanol–water partition coefficient (Wildman–Crippen LogP) is 10.3. The number of benzene rings is 1. The number of fused-ring (bicyclic) bond motifs is 1. The molecule has 1 unspecified atom stereocenters. The highest BCUT2D eigenvalue weighted by Gasteiger charge is 2.35. The normalized spacial score (nSPS) is 17.3. The van der Waals surface area contributed by atoms with E-state index in [2.05, 4.69) is 60.6 Å². The monoisotopic (exact) mass is 472 g/mol. The molecular weight excluding hydrogens is 416 g/mol. The summed E-state index contributed by atoms with van der Waals surface area (Å²) >= 11 is 0. The smallest absolute Gasteiger partial charge is 0.124 e. The van der Waals surface area contributed by atoms with Crippen LogP contribution in [-0.4, -0.2) is 12.7 Å². The Balaban J connectivity index is 1.98. The van der Waals surface area contributed by atoms with Gasteiger partial charge in [-0.3, -0.25) is 0 Å². The Kier molecular flexibility index (Phi) is 12.3. The van der Waals surface area contributed by atoms with Crippen molar-refractivity contribution in [3.05, 3.63) is 23.3 Å². The van der Waals surface area contributed by atoms with E-state index in [1.165, 1.54) is 94.6 Å². The second-order valence-corrected chi connectivity index (χ2v) is 12.2. The van der Waals surface area contributed by atoms with Gasteiger partial charge in [0.1, 0.15) is 11.5 Å². The summed E-state index contributed by atoms with van der Waals surface area (Å²) in [6.45, 7) is 17.1. The summed E-state index contributed by atoms with van der Waals surface area (Å²) in [6, 6.07) is 4.65. The molecule has 0 radical (unpaired) electrons. The summed E-state index contributed by atoms with van der Waals surface area (Å²) in [6.07, 6.45) is 19.9. The van der Waals surface area contributed by atoms with E-state index in [0.29, 0.717) is 0 Å². The van der Waals surface area contributed by atoms with Crippen LogP contribution in [0.25, 0.3) is 0 Å². The molecule has 0 saturated carbocycles. The molecule has 0 N–H and O–H groups in total. The zero-order valence-electron chi connectivity index (χ0n) is 23.9. The van der Waals surface area contributed by atoms with Crippen LogP contribution in [0, 0.1) is 0 Å². The van der Waals surface area contributed by atoms with Crippen molar-refractivity contribution in [2.24, 2.45) is 0 Å². The molecule has 1 aliphatic rings. The Morgan fingerprint density at radius 2 is 1.41 bits per heavy atom. The Labute approximate surface area is 212 Å². The van der Waals surface area contributed by atoms with Gasteiger partial charge in [-0.05, 0) is 49.1 Å². The lowest BCUT2D eigenvalue weighted by Crippen LogP contribution is -2.33. The molecule has 0 bridgehead atoms. The van der Waals surface area contributed by atoms with Crippen molar-refractivity contribution in [1.82, 2.24) is 0 Å². The molecule has 1 aromatic carbocycles. The highest BCUT2D eigenvalue weighted by Crippen LogP contribution is 2.47. The van der Waals surface area contributed by atoms with Gasteiger partial charge in [-0.2, -0.15) is 0 Å². The van der Waals surface area contributed by atoms with E-state index in [4.69, 9.17) is 9.47 Å². The minimum Gasteiger partial charge on any atom is -0.493 e. The number of hydrogen-bond donors (Lipinski definition) is 0. The van der Waals surface area contributed by atoms with Crippen LogP contribution in [0.15, 0.2) is 12.1 Å². The Morgan fingerprint density at radius 3 is 2.03 bits per heavy atom. The van der Waals surface area contributed by atoms with Gasteiger partial charge in [-0.1, -0.05) is 119 Å². The van der Waals surface area contributed by atoms with Crippen molar-refractivity contribution < 1.29 is 9.47 Å². The molecule has 34 heavy (non-hydrogen) atoms. The van der Waals surface area contributed by atoms with Crippen LogP contribution in [0.3, 0.4) is 0 Å². The summed E-state index contributed by atoms with van der Waals surface area (Å²) < 4.78 is 12.9. The molecule has 0 saturated heterocycles. The van der Waals surface area contributed by atoms with Crippen molar-refractivity contribution in [3.8, 4) is 11.5 Å². The van der Waals surface area contributed by atoms with Gasteiger partial charge in [0.2, 0.25) is 0 Å². The van der Waals surface area contributed by atoms with Crippen molar-refractivity contribution in [2.45, 2.75) is 162 Å². The Hall–Kier alpha value is -1.18. The molecule has 1 atom stereocenters. The van der Waals surface area contributed by atoms with Gasteiger partial charge in [0, 0.05) is 11.1 Å². The maximum atomic E-state index is 6.53. The van der Waals surface area contributed by atoms with Crippen LogP contribution >= 0.6 is 0 Å². The van der Waals surface area contributed by atoms with Crippen molar-refractivity contribution in [1.29, 1.82) is 0 Å². The second kappa shape index (κ2) is 14.4. The zero-order chi connectivity index (χ0) is 25.0. The van der Waals surface area contributed by atoms with Gasteiger partial charge in [0.05, 0.1) is 12.7 Å². The lowest BCUT2D eigenvalue weighted by molar-refractivity contribution is 0.149. The first kappa shape index (κ1) is 29.1. The summed E-state index contributed by atoms with van der Waals surface area (Å²) in [5.74, 6) is 2.18. The van der Waals surface area contributed by atoms with Crippen LogP contribution in [0.2, 0.25) is 0 Å². The Bertz CT molecular complexity index is 703. The maximum absolute atomic E-state index is 6.53. The largest absolute Gasteiger partial charge is 0.493 e. The van der Waals surface area contributed by atoms with E-state index in [9.17, 15) is 0 Å². The van der Waals surface area contributed by atoms with Gasteiger partial charge < -0.3 is 9.47 Å². The first-order valence-electron chi connectivity index (χ1n) is 14.7. The van der Waals surface area contributed by atoms with Crippen LogP contribution in [-0.2, 0) is 10.8 Å². The second-order valence-electron chi connectivity index (χ2n) is 12.2. The number of hydrogen-bond acceptors (Lipinski definition) is 2. The molecule has 196 valence electrons. The van der Waals surface area contributed by atoms with E-state index < -0.39 is 0 Å². The molecule has 2 nitrogen and oxygen atoms in total. The van der Waals surface area contributed by atoms with Gasteiger partial charge in [-0.15, -0.1) is 0 Å². The summed E-state index contributed by atoms with van der Waals surface area (Å²) in [7, 11) is 0. The van der Waals surface area contributed by atoms with Gasteiger partial charge >= 0.3 is 0 Å². The lowest BCUT2D eigenvalue weighted by Gasteiger charge is -2.38. The molecule has 2 rings (SSSR count). The van der Waals surface area contributed by atoms with Crippen molar-refractivity contribution >= 4 is 0 Å². The molecule has 0 aliphatic carbocycles. The van der Waals surface area contributed by atoms with Gasteiger partial charge in [0.15, 0.2) is 0 Å². The van der Waals surface area contributed by atoms with E-state index >= 15 is 0 Å². The van der Waals surface area contributed by atoms with Gasteiger partial charge in [0.25, 0.3) is 0 Å². The molecule has 1 aliphatic heterocycles. The first-order chi connectivity index (χ1) is 16.2. The quantitative estimate of drug-likeness (QED) is 0.210. The maximum Gasteiger partial charge on any atom is 0.124 e. The first-order valence-corrected chi connectivity index (χ1v) is 14.7. The minimum atomic E-state index is 0.0888. The van der Waals surface area contributed by atoms with E-state index in [-0.39, 0.29) is 16.9 Å². The number of rotatable bonds is 17. The SMILES string of the molecule is CCCCCCCCCCCCOc1cc2c(cc1C(C)(C)CCCCC)OC(C)CC2(C)C. The van der Waals surface area contributed by atoms with Crippen molar-refractivity contribution in [2.75, 3.05) is 6.61 Å². The van der Waals surface area contributed by atoms with Crippen LogP contribution < -0.4 is 9.47 Å². The van der Waals surface area contributed by atoms with Crippen molar-refractivity contribution in [3.63, 3.8) is 0 Å². The summed E-state index contributed by atoms with van der Waals surface area (Å²) in [4.78, 5) is 0. The molecule has 1 heterocycles. The zero-order valence-corrected chi connectivity index (χ0v) is 23.9. The van der Waals surface area contributed by atoms with Gasteiger partial charge in [-0.25, -0.2) is 0 Å². The standard InChI is InChI=1S/C32H56O2/c1-8-10-12-13-14-15-16-17-18-20-22-33-29-23-28-30(34-26(3)25-32(28,6)7)24-27(29)31(4,5)21-19-11-9-2/h23-24,26H,8-22,25H2,1-7H3. The van der Waals surface area contributed by atoms with Crippen LogP contribution in [0.1, 0.15) is 156 Å². The fourth-order valence-corrected chi connectivity index (χ4v) is 5.64. The molecule has 0 spiro atoms. The third-order valence-corrected chi connectivity index (χ3v) is 7.83. The molecule has 0 fully saturated rings. The van der Waals surface area contributed by atoms with Crippen LogP contribution in [0.5, 0.6) is 11.5 Å². The molecule has 2 heteroatoms. The Morgan fingerprint density at radius 1 is 0.853 bits per heavy atom.